The fourth-order valence-corrected chi connectivity index (χ4v) is 1.99. The third kappa shape index (κ3) is 4.95. The van der Waals surface area contributed by atoms with Crippen molar-refractivity contribution in [3.05, 3.63) is 41.5 Å². The summed E-state index contributed by atoms with van der Waals surface area (Å²) >= 11 is 0. The monoisotopic (exact) mass is 246 g/mol. The number of rotatable bonds is 6. The average molecular weight is 246 g/mol. The van der Waals surface area contributed by atoms with E-state index in [1.807, 2.05) is 0 Å². The predicted molar refractivity (Wildman–Crippen MR) is 79.2 cm³/mol. The Hall–Kier alpha value is -1.24. The minimum atomic E-state index is 0.569. The first-order valence-corrected chi connectivity index (χ1v) is 6.88. The normalized spacial score (nSPS) is 13.2. The summed E-state index contributed by atoms with van der Waals surface area (Å²) in [5, 5.41) is 0. The van der Waals surface area contributed by atoms with Crippen molar-refractivity contribution < 1.29 is 4.74 Å². The van der Waals surface area contributed by atoms with Gasteiger partial charge in [0.15, 0.2) is 0 Å². The van der Waals surface area contributed by atoms with Gasteiger partial charge in [-0.25, -0.2) is 0 Å². The highest BCUT2D eigenvalue weighted by molar-refractivity contribution is 5.35. The summed E-state index contributed by atoms with van der Waals surface area (Å²) in [6.45, 7) is 11.6. The molecule has 0 bridgehead atoms. The Morgan fingerprint density at radius 1 is 1.22 bits per heavy atom. The molecule has 1 unspecified atom stereocenters. The van der Waals surface area contributed by atoms with E-state index in [1.54, 1.807) is 0 Å². The minimum absolute atomic E-state index is 0.569. The molecule has 0 saturated carbocycles. The zero-order valence-corrected chi connectivity index (χ0v) is 12.4. The molecule has 18 heavy (non-hydrogen) atoms. The number of benzene rings is 1. The molecule has 0 N–H and O–H groups in total. The summed E-state index contributed by atoms with van der Waals surface area (Å²) in [7, 11) is 0. The van der Waals surface area contributed by atoms with Crippen molar-refractivity contribution in [1.82, 2.24) is 0 Å². The van der Waals surface area contributed by atoms with Gasteiger partial charge < -0.3 is 4.74 Å². The SMILES string of the molecule is C/C=C\C(C)Cc1ccc(OCC(C)C)cc1C. The standard InChI is InChI=1S/C17H26O/c1-6-7-14(4)10-16-8-9-17(11-15(16)5)18-12-13(2)3/h6-9,11,13-14H,10,12H2,1-5H3/b7-6-. The van der Waals surface area contributed by atoms with Gasteiger partial charge in [0.05, 0.1) is 6.61 Å². The van der Waals surface area contributed by atoms with E-state index in [4.69, 9.17) is 4.74 Å². The number of hydrogen-bond donors (Lipinski definition) is 0. The van der Waals surface area contributed by atoms with Gasteiger partial charge in [0.2, 0.25) is 0 Å². The summed E-state index contributed by atoms with van der Waals surface area (Å²) in [5.74, 6) is 2.15. The van der Waals surface area contributed by atoms with E-state index < -0.39 is 0 Å². The Balaban J connectivity index is 2.67. The summed E-state index contributed by atoms with van der Waals surface area (Å²) < 4.78 is 5.74. The van der Waals surface area contributed by atoms with E-state index in [-0.39, 0.29) is 0 Å². The zero-order valence-electron chi connectivity index (χ0n) is 12.4. The van der Waals surface area contributed by atoms with Crippen LogP contribution in [0, 0.1) is 18.8 Å². The molecule has 1 atom stereocenters. The third-order valence-corrected chi connectivity index (χ3v) is 2.96. The maximum atomic E-state index is 5.74. The predicted octanol–water partition coefficient (Wildman–Crippen LogP) is 4.78. The van der Waals surface area contributed by atoms with Gasteiger partial charge in [0.25, 0.3) is 0 Å². The third-order valence-electron chi connectivity index (χ3n) is 2.96. The summed E-state index contributed by atoms with van der Waals surface area (Å²) in [4.78, 5) is 0. The molecule has 0 amide bonds. The molecule has 0 radical (unpaired) electrons. The number of allylic oxidation sites excluding steroid dienone is 2. The average Bonchev–Trinajstić information content (AvgIpc) is 2.30. The first-order chi connectivity index (χ1) is 8.52. The Morgan fingerprint density at radius 2 is 1.94 bits per heavy atom. The molecule has 1 nitrogen and oxygen atoms in total. The molecule has 0 saturated heterocycles. The second-order valence-corrected chi connectivity index (χ2v) is 5.50. The second-order valence-electron chi connectivity index (χ2n) is 5.50. The Bertz CT molecular complexity index is 391. The Morgan fingerprint density at radius 3 is 2.50 bits per heavy atom. The van der Waals surface area contributed by atoms with Gasteiger partial charge in [0.1, 0.15) is 5.75 Å². The molecule has 0 spiro atoms. The van der Waals surface area contributed by atoms with Crippen LogP contribution in [0.5, 0.6) is 5.75 Å². The first kappa shape index (κ1) is 14.8. The zero-order chi connectivity index (χ0) is 13.5. The fraction of sp³-hybridized carbons (Fsp3) is 0.529. The van der Waals surface area contributed by atoms with Crippen LogP contribution in [0.1, 0.15) is 38.8 Å². The molecule has 0 aromatic heterocycles. The molecular formula is C17H26O. The molecule has 1 rings (SSSR count). The van der Waals surface area contributed by atoms with Crippen LogP contribution in [-0.2, 0) is 6.42 Å². The van der Waals surface area contributed by atoms with Crippen LogP contribution in [0.25, 0.3) is 0 Å². The van der Waals surface area contributed by atoms with E-state index >= 15 is 0 Å². The molecule has 1 aromatic rings. The number of hydrogen-bond acceptors (Lipinski definition) is 1. The van der Waals surface area contributed by atoms with Gasteiger partial charge in [0, 0.05) is 0 Å². The summed E-state index contributed by atoms with van der Waals surface area (Å²) in [5.41, 5.74) is 2.74. The maximum Gasteiger partial charge on any atom is 0.119 e. The fourth-order valence-electron chi connectivity index (χ4n) is 1.99. The molecule has 1 heteroatoms. The van der Waals surface area contributed by atoms with E-state index in [0.29, 0.717) is 11.8 Å². The lowest BCUT2D eigenvalue weighted by Gasteiger charge is -2.13. The molecule has 0 heterocycles. The van der Waals surface area contributed by atoms with Crippen LogP contribution in [-0.4, -0.2) is 6.61 Å². The van der Waals surface area contributed by atoms with Crippen LogP contribution >= 0.6 is 0 Å². The van der Waals surface area contributed by atoms with Crippen LogP contribution in [0.2, 0.25) is 0 Å². The largest absolute Gasteiger partial charge is 0.493 e. The molecule has 0 aliphatic rings. The smallest absolute Gasteiger partial charge is 0.119 e. The first-order valence-electron chi connectivity index (χ1n) is 6.88. The van der Waals surface area contributed by atoms with Crippen molar-refractivity contribution in [3.8, 4) is 5.75 Å². The van der Waals surface area contributed by atoms with Crippen LogP contribution < -0.4 is 4.74 Å². The van der Waals surface area contributed by atoms with Crippen molar-refractivity contribution in [2.45, 2.75) is 41.0 Å². The van der Waals surface area contributed by atoms with Crippen molar-refractivity contribution in [3.63, 3.8) is 0 Å². The summed E-state index contributed by atoms with van der Waals surface area (Å²) in [6.07, 6.45) is 5.48. The lowest BCUT2D eigenvalue weighted by molar-refractivity contribution is 0.271. The van der Waals surface area contributed by atoms with Crippen molar-refractivity contribution in [2.24, 2.45) is 11.8 Å². The van der Waals surface area contributed by atoms with Crippen LogP contribution in [0.15, 0.2) is 30.4 Å². The highest BCUT2D eigenvalue weighted by Crippen LogP contribution is 2.20. The van der Waals surface area contributed by atoms with Crippen molar-refractivity contribution in [1.29, 1.82) is 0 Å². The van der Waals surface area contributed by atoms with Gasteiger partial charge in [-0.15, -0.1) is 0 Å². The maximum absolute atomic E-state index is 5.74. The van der Waals surface area contributed by atoms with Gasteiger partial charge in [-0.3, -0.25) is 0 Å². The van der Waals surface area contributed by atoms with E-state index in [9.17, 15) is 0 Å². The number of aryl methyl sites for hydroxylation is 1. The van der Waals surface area contributed by atoms with Gasteiger partial charge in [-0.1, -0.05) is 39.0 Å². The highest BCUT2D eigenvalue weighted by atomic mass is 16.5. The second kappa shape index (κ2) is 7.25. The quantitative estimate of drug-likeness (QED) is 0.656. The van der Waals surface area contributed by atoms with E-state index in [0.717, 1.165) is 18.8 Å². The van der Waals surface area contributed by atoms with Crippen molar-refractivity contribution >= 4 is 0 Å². The lowest BCUT2D eigenvalue weighted by Crippen LogP contribution is -2.05. The minimum Gasteiger partial charge on any atom is -0.493 e. The van der Waals surface area contributed by atoms with Gasteiger partial charge >= 0.3 is 0 Å². The summed E-state index contributed by atoms with van der Waals surface area (Å²) in [6, 6.07) is 6.44. The molecule has 0 aliphatic carbocycles. The Labute approximate surface area is 112 Å². The highest BCUT2D eigenvalue weighted by Gasteiger charge is 2.05. The lowest BCUT2D eigenvalue weighted by atomic mass is 9.97. The van der Waals surface area contributed by atoms with Crippen molar-refractivity contribution in [2.75, 3.05) is 6.61 Å². The molecular weight excluding hydrogens is 220 g/mol. The topological polar surface area (TPSA) is 9.23 Å². The van der Waals surface area contributed by atoms with E-state index in [2.05, 4.69) is 65.0 Å². The van der Waals surface area contributed by atoms with Gasteiger partial charge in [-0.05, 0) is 55.4 Å². The number of ether oxygens (including phenoxy) is 1. The molecule has 0 aliphatic heterocycles. The Kier molecular flexibility index (Phi) is 5.97. The molecule has 1 aromatic carbocycles. The molecule has 100 valence electrons. The van der Waals surface area contributed by atoms with Gasteiger partial charge in [-0.2, -0.15) is 0 Å². The van der Waals surface area contributed by atoms with Crippen LogP contribution in [0.4, 0.5) is 0 Å². The molecule has 0 fully saturated rings. The van der Waals surface area contributed by atoms with E-state index in [1.165, 1.54) is 11.1 Å². The van der Waals surface area contributed by atoms with Crippen LogP contribution in [0.3, 0.4) is 0 Å².